The minimum atomic E-state index is 0.502. The van der Waals surface area contributed by atoms with Gasteiger partial charge in [0.15, 0.2) is 0 Å². The monoisotopic (exact) mass is 382 g/mol. The average Bonchev–Trinajstić information content (AvgIpc) is 2.95. The molecule has 0 fully saturated rings. The van der Waals surface area contributed by atoms with E-state index in [1.165, 1.54) is 0 Å². The molecule has 0 atom stereocenters. The molecule has 0 unspecified atom stereocenters. The maximum Gasteiger partial charge on any atom is 0.225 e. The smallest absolute Gasteiger partial charge is 0.225 e. The van der Waals surface area contributed by atoms with Crippen molar-refractivity contribution in [2.45, 2.75) is 13.3 Å². The third-order valence-electron chi connectivity index (χ3n) is 4.34. The van der Waals surface area contributed by atoms with Crippen LogP contribution >= 0.6 is 11.6 Å². The van der Waals surface area contributed by atoms with Crippen LogP contribution in [0.2, 0.25) is 5.02 Å². The Balaban J connectivity index is 1.87. The molecular formula is C19H21ClN7+. The van der Waals surface area contributed by atoms with Crippen LogP contribution < -0.4 is 9.58 Å². The van der Waals surface area contributed by atoms with E-state index >= 15 is 0 Å². The number of aromatic nitrogens is 3. The van der Waals surface area contributed by atoms with Crippen LogP contribution in [0.15, 0.2) is 46.6 Å². The summed E-state index contributed by atoms with van der Waals surface area (Å²) in [6.45, 7) is 3.63. The second-order valence-corrected chi connectivity index (χ2v) is 6.57. The van der Waals surface area contributed by atoms with E-state index in [2.05, 4.69) is 33.3 Å². The third-order valence-corrected chi connectivity index (χ3v) is 4.56. The summed E-state index contributed by atoms with van der Waals surface area (Å²) in [6, 6.07) is 13.6. The van der Waals surface area contributed by atoms with Crippen LogP contribution in [0.5, 0.6) is 0 Å². The van der Waals surface area contributed by atoms with Crippen molar-refractivity contribution in [2.75, 3.05) is 18.0 Å². The Morgan fingerprint density at radius 2 is 2.00 bits per heavy atom. The number of nitriles is 1. The Morgan fingerprint density at radius 1 is 1.26 bits per heavy atom. The maximum atomic E-state index is 8.77. The normalized spacial score (nSPS) is 11.2. The van der Waals surface area contributed by atoms with E-state index in [1.54, 1.807) is 15.4 Å². The highest BCUT2D eigenvalue weighted by atomic mass is 35.5. The number of anilines is 1. The molecule has 27 heavy (non-hydrogen) atoms. The van der Waals surface area contributed by atoms with Crippen LogP contribution in [0, 0.1) is 11.3 Å². The molecule has 0 saturated carbocycles. The average molecular weight is 383 g/mol. The summed E-state index contributed by atoms with van der Waals surface area (Å²) in [5.41, 5.74) is 4.24. The lowest BCUT2D eigenvalue weighted by molar-refractivity contribution is -0.708. The lowest BCUT2D eigenvalue weighted by atomic mass is 10.2. The lowest BCUT2D eigenvalue weighted by Gasteiger charge is -2.21. The number of azo groups is 1. The molecule has 0 aliphatic heterocycles. The number of nitrogens with zero attached hydrogens (tertiary/aromatic N) is 7. The van der Waals surface area contributed by atoms with Gasteiger partial charge in [-0.15, -0.1) is 14.5 Å². The van der Waals surface area contributed by atoms with Gasteiger partial charge in [-0.1, -0.05) is 11.6 Å². The summed E-state index contributed by atoms with van der Waals surface area (Å²) < 4.78 is 3.52. The van der Waals surface area contributed by atoms with E-state index in [4.69, 9.17) is 16.9 Å². The second kappa shape index (κ2) is 8.14. The Kier molecular flexibility index (Phi) is 5.67. The van der Waals surface area contributed by atoms with E-state index in [1.807, 2.05) is 44.4 Å². The standard InChI is InChI=1S/C19H21ClN7/c1-4-27(11-5-10-21)16-8-6-15(7-9-16)22-23-17-12-14(20)13-18-19(17)26(3)24-25(18)2/h6-9,12-13H,4-5,11H2,1-3H3/q+1. The van der Waals surface area contributed by atoms with Gasteiger partial charge in [0.05, 0.1) is 23.4 Å². The minimum Gasteiger partial charge on any atom is -0.371 e. The van der Waals surface area contributed by atoms with Crippen molar-refractivity contribution in [2.24, 2.45) is 24.3 Å². The first-order valence-corrected chi connectivity index (χ1v) is 9.07. The number of halogens is 1. The zero-order valence-electron chi connectivity index (χ0n) is 15.6. The Labute approximate surface area is 163 Å². The molecule has 138 valence electrons. The number of rotatable bonds is 6. The first kappa shape index (κ1) is 18.8. The van der Waals surface area contributed by atoms with Crippen molar-refractivity contribution >= 4 is 39.7 Å². The fourth-order valence-electron chi connectivity index (χ4n) is 3.02. The van der Waals surface area contributed by atoms with Crippen molar-refractivity contribution in [3.8, 4) is 6.07 Å². The molecule has 1 heterocycles. The van der Waals surface area contributed by atoms with Gasteiger partial charge in [0.1, 0.15) is 19.8 Å². The van der Waals surface area contributed by atoms with E-state index in [-0.39, 0.29) is 0 Å². The number of fused-ring (bicyclic) bond motifs is 1. The van der Waals surface area contributed by atoms with Gasteiger partial charge in [-0.2, -0.15) is 10.4 Å². The topological polar surface area (TPSA) is 73.5 Å². The SMILES string of the molecule is CCN(CCC#N)c1ccc(N=Nc2cc(Cl)cc3c2[n+](C)nn3C)cc1. The first-order chi connectivity index (χ1) is 13.0. The summed E-state index contributed by atoms with van der Waals surface area (Å²) in [5, 5.41) is 22.5. The zero-order valence-corrected chi connectivity index (χ0v) is 16.3. The van der Waals surface area contributed by atoms with Gasteiger partial charge >= 0.3 is 0 Å². The van der Waals surface area contributed by atoms with Crippen molar-refractivity contribution in [1.82, 2.24) is 9.90 Å². The Bertz CT molecular complexity index is 1020. The van der Waals surface area contributed by atoms with Crippen molar-refractivity contribution in [3.63, 3.8) is 0 Å². The van der Waals surface area contributed by atoms with Gasteiger partial charge in [-0.25, -0.2) is 0 Å². The molecule has 2 aromatic carbocycles. The van der Waals surface area contributed by atoms with Gasteiger partial charge in [-0.05, 0) is 37.3 Å². The van der Waals surface area contributed by atoms with E-state index < -0.39 is 0 Å². The molecule has 0 bridgehead atoms. The molecular weight excluding hydrogens is 362 g/mol. The summed E-state index contributed by atoms with van der Waals surface area (Å²) in [6.07, 6.45) is 0.502. The van der Waals surface area contributed by atoms with Crippen LogP contribution in [0.1, 0.15) is 13.3 Å². The predicted octanol–water partition coefficient (Wildman–Crippen LogP) is 4.21. The molecule has 0 aliphatic carbocycles. The van der Waals surface area contributed by atoms with Gasteiger partial charge < -0.3 is 4.90 Å². The molecule has 7 nitrogen and oxygen atoms in total. The first-order valence-electron chi connectivity index (χ1n) is 8.69. The molecule has 0 radical (unpaired) electrons. The summed E-state index contributed by atoms with van der Waals surface area (Å²) in [5.74, 6) is 0. The summed E-state index contributed by atoms with van der Waals surface area (Å²) in [7, 11) is 3.73. The van der Waals surface area contributed by atoms with Crippen LogP contribution in [0.25, 0.3) is 11.0 Å². The summed E-state index contributed by atoms with van der Waals surface area (Å²) in [4.78, 5) is 2.15. The molecule has 8 heteroatoms. The van der Waals surface area contributed by atoms with Crippen molar-refractivity contribution < 1.29 is 4.68 Å². The molecule has 0 spiro atoms. The fourth-order valence-corrected chi connectivity index (χ4v) is 3.22. The van der Waals surface area contributed by atoms with Crippen LogP contribution in [0.3, 0.4) is 0 Å². The zero-order chi connectivity index (χ0) is 19.4. The van der Waals surface area contributed by atoms with Crippen molar-refractivity contribution in [1.29, 1.82) is 5.26 Å². The largest absolute Gasteiger partial charge is 0.371 e. The highest BCUT2D eigenvalue weighted by Gasteiger charge is 2.18. The molecule has 0 amide bonds. The summed E-state index contributed by atoms with van der Waals surface area (Å²) >= 11 is 6.22. The predicted molar refractivity (Wildman–Crippen MR) is 106 cm³/mol. The van der Waals surface area contributed by atoms with E-state index in [0.29, 0.717) is 23.7 Å². The Morgan fingerprint density at radius 3 is 2.67 bits per heavy atom. The van der Waals surface area contributed by atoms with Gasteiger partial charge in [-0.3, -0.25) is 0 Å². The number of aryl methyl sites for hydroxylation is 2. The molecule has 1 aromatic heterocycles. The maximum absolute atomic E-state index is 8.77. The second-order valence-electron chi connectivity index (χ2n) is 6.13. The highest BCUT2D eigenvalue weighted by molar-refractivity contribution is 6.31. The van der Waals surface area contributed by atoms with Crippen LogP contribution in [-0.2, 0) is 14.1 Å². The fraction of sp³-hybridized carbons (Fsp3) is 0.316. The molecule has 3 aromatic rings. The van der Waals surface area contributed by atoms with Gasteiger partial charge in [0, 0.05) is 29.9 Å². The number of hydrogen-bond donors (Lipinski definition) is 0. The molecule has 0 N–H and O–H groups in total. The quantitative estimate of drug-likeness (QED) is 0.473. The van der Waals surface area contributed by atoms with Gasteiger partial charge in [0.2, 0.25) is 11.0 Å². The lowest BCUT2D eigenvalue weighted by Crippen LogP contribution is -2.31. The Hall–Kier alpha value is -2.98. The van der Waals surface area contributed by atoms with Gasteiger partial charge in [0.25, 0.3) is 0 Å². The van der Waals surface area contributed by atoms with E-state index in [0.717, 1.165) is 29.0 Å². The minimum absolute atomic E-state index is 0.502. The molecule has 3 rings (SSSR count). The van der Waals surface area contributed by atoms with E-state index in [9.17, 15) is 0 Å². The molecule has 0 saturated heterocycles. The third kappa shape index (κ3) is 4.07. The highest BCUT2D eigenvalue weighted by Crippen LogP contribution is 2.29. The van der Waals surface area contributed by atoms with Crippen LogP contribution in [0.4, 0.5) is 17.1 Å². The molecule has 0 aliphatic rings. The van der Waals surface area contributed by atoms with Crippen molar-refractivity contribution in [3.05, 3.63) is 41.4 Å². The van der Waals surface area contributed by atoms with Crippen LogP contribution in [-0.4, -0.2) is 23.0 Å². The number of hydrogen-bond acceptors (Lipinski definition) is 5. The number of benzene rings is 2.